The van der Waals surface area contributed by atoms with Gasteiger partial charge in [0.05, 0.1) is 5.92 Å². The number of likely N-dealkylation sites (tertiary alicyclic amines) is 1. The Bertz CT molecular complexity index is 617. The fourth-order valence-electron chi connectivity index (χ4n) is 2.57. The highest BCUT2D eigenvalue weighted by molar-refractivity contribution is 5.82. The molecule has 1 aromatic carbocycles. The standard InChI is InChI=1S/C17H22N2O5/c1-12-5-2-3-7-14(12)23-11-16(21)24-10-15(20)19-8-4-6-13(9-19)17(18)22/h2-3,5,7,13H,4,6,8-11H2,1H3,(H2,18,22)/t13-/m1/s1. The molecule has 7 nitrogen and oxygen atoms in total. The highest BCUT2D eigenvalue weighted by Crippen LogP contribution is 2.17. The van der Waals surface area contributed by atoms with Crippen LogP contribution in [0.3, 0.4) is 0 Å². The third kappa shape index (κ3) is 4.97. The van der Waals surface area contributed by atoms with Crippen LogP contribution in [0.5, 0.6) is 5.75 Å². The summed E-state index contributed by atoms with van der Waals surface area (Å²) in [6.07, 6.45) is 1.40. The Morgan fingerprint density at radius 2 is 2.00 bits per heavy atom. The second-order valence-corrected chi connectivity index (χ2v) is 5.80. The molecule has 0 bridgehead atoms. The number of rotatable bonds is 6. The largest absolute Gasteiger partial charge is 0.482 e. The first-order valence-electron chi connectivity index (χ1n) is 7.88. The maximum Gasteiger partial charge on any atom is 0.344 e. The van der Waals surface area contributed by atoms with Crippen molar-refractivity contribution >= 4 is 17.8 Å². The number of hydrogen-bond donors (Lipinski definition) is 1. The molecule has 2 rings (SSSR count). The average molecular weight is 334 g/mol. The van der Waals surface area contributed by atoms with E-state index in [9.17, 15) is 14.4 Å². The number of ether oxygens (including phenoxy) is 2. The molecule has 0 radical (unpaired) electrons. The maximum absolute atomic E-state index is 12.1. The lowest BCUT2D eigenvalue weighted by atomic mass is 9.97. The zero-order chi connectivity index (χ0) is 17.5. The summed E-state index contributed by atoms with van der Waals surface area (Å²) in [7, 11) is 0. The van der Waals surface area contributed by atoms with E-state index in [-0.39, 0.29) is 31.6 Å². The van der Waals surface area contributed by atoms with E-state index in [2.05, 4.69) is 0 Å². The van der Waals surface area contributed by atoms with Gasteiger partial charge in [0.1, 0.15) is 5.75 Å². The second-order valence-electron chi connectivity index (χ2n) is 5.80. The van der Waals surface area contributed by atoms with Gasteiger partial charge in [-0.1, -0.05) is 18.2 Å². The topological polar surface area (TPSA) is 98.9 Å². The van der Waals surface area contributed by atoms with E-state index in [0.717, 1.165) is 5.56 Å². The number of hydrogen-bond acceptors (Lipinski definition) is 5. The zero-order valence-electron chi connectivity index (χ0n) is 13.7. The number of primary amides is 1. The Morgan fingerprint density at radius 1 is 1.25 bits per heavy atom. The van der Waals surface area contributed by atoms with Crippen LogP contribution in [0.15, 0.2) is 24.3 Å². The van der Waals surface area contributed by atoms with Crippen LogP contribution in [-0.4, -0.2) is 49.0 Å². The summed E-state index contributed by atoms with van der Waals surface area (Å²) < 4.78 is 10.3. The van der Waals surface area contributed by atoms with Crippen molar-refractivity contribution in [1.29, 1.82) is 0 Å². The van der Waals surface area contributed by atoms with Crippen LogP contribution in [0.2, 0.25) is 0 Å². The lowest BCUT2D eigenvalue weighted by molar-refractivity contribution is -0.154. The van der Waals surface area contributed by atoms with Crippen molar-refractivity contribution in [3.05, 3.63) is 29.8 Å². The Kier molecular flexibility index (Phi) is 6.17. The number of para-hydroxylation sites is 1. The molecule has 2 N–H and O–H groups in total. The fourth-order valence-corrected chi connectivity index (χ4v) is 2.57. The van der Waals surface area contributed by atoms with Crippen molar-refractivity contribution in [3.63, 3.8) is 0 Å². The number of amides is 2. The van der Waals surface area contributed by atoms with Crippen LogP contribution in [0.25, 0.3) is 0 Å². The van der Waals surface area contributed by atoms with Gasteiger partial charge in [-0.15, -0.1) is 0 Å². The first kappa shape index (κ1) is 17.8. The third-order valence-electron chi connectivity index (χ3n) is 3.97. The van der Waals surface area contributed by atoms with Gasteiger partial charge in [0.25, 0.3) is 5.91 Å². The van der Waals surface area contributed by atoms with Crippen LogP contribution in [0, 0.1) is 12.8 Å². The van der Waals surface area contributed by atoms with Crippen molar-refractivity contribution in [2.24, 2.45) is 11.7 Å². The molecule has 0 aliphatic carbocycles. The van der Waals surface area contributed by atoms with Crippen molar-refractivity contribution in [2.45, 2.75) is 19.8 Å². The Hall–Kier alpha value is -2.57. The molecule has 1 fully saturated rings. The fraction of sp³-hybridized carbons (Fsp3) is 0.471. The first-order valence-corrected chi connectivity index (χ1v) is 7.88. The maximum atomic E-state index is 12.1. The molecule has 1 saturated heterocycles. The van der Waals surface area contributed by atoms with Gasteiger partial charge in [0.2, 0.25) is 5.91 Å². The molecule has 130 valence electrons. The molecule has 1 heterocycles. The summed E-state index contributed by atoms with van der Waals surface area (Å²) >= 11 is 0. The monoisotopic (exact) mass is 334 g/mol. The quantitative estimate of drug-likeness (QED) is 0.770. The number of benzene rings is 1. The molecular weight excluding hydrogens is 312 g/mol. The van der Waals surface area contributed by atoms with E-state index in [0.29, 0.717) is 25.1 Å². The van der Waals surface area contributed by atoms with Crippen molar-refractivity contribution in [2.75, 3.05) is 26.3 Å². The lowest BCUT2D eigenvalue weighted by Crippen LogP contribution is -2.45. The van der Waals surface area contributed by atoms with Crippen LogP contribution in [0.1, 0.15) is 18.4 Å². The van der Waals surface area contributed by atoms with Crippen molar-refractivity contribution in [1.82, 2.24) is 4.90 Å². The van der Waals surface area contributed by atoms with E-state index in [1.807, 2.05) is 25.1 Å². The van der Waals surface area contributed by atoms with E-state index < -0.39 is 11.9 Å². The van der Waals surface area contributed by atoms with E-state index in [1.165, 1.54) is 4.90 Å². The van der Waals surface area contributed by atoms with Crippen LogP contribution >= 0.6 is 0 Å². The van der Waals surface area contributed by atoms with Gasteiger partial charge in [0.15, 0.2) is 13.2 Å². The highest BCUT2D eigenvalue weighted by atomic mass is 16.6. The highest BCUT2D eigenvalue weighted by Gasteiger charge is 2.27. The minimum atomic E-state index is -0.616. The van der Waals surface area contributed by atoms with E-state index in [4.69, 9.17) is 15.2 Å². The van der Waals surface area contributed by atoms with Gasteiger partial charge in [-0.3, -0.25) is 9.59 Å². The minimum Gasteiger partial charge on any atom is -0.482 e. The summed E-state index contributed by atoms with van der Waals surface area (Å²) in [6.45, 7) is 2.07. The molecule has 1 aliphatic rings. The van der Waals surface area contributed by atoms with Crippen molar-refractivity contribution < 1.29 is 23.9 Å². The van der Waals surface area contributed by atoms with Gasteiger partial charge in [0, 0.05) is 13.1 Å². The lowest BCUT2D eigenvalue weighted by Gasteiger charge is -2.31. The van der Waals surface area contributed by atoms with Gasteiger partial charge >= 0.3 is 5.97 Å². The average Bonchev–Trinajstić information content (AvgIpc) is 2.59. The number of carbonyl (C=O) groups is 3. The number of aryl methyl sites for hydroxylation is 1. The van der Waals surface area contributed by atoms with E-state index >= 15 is 0 Å². The van der Waals surface area contributed by atoms with Gasteiger partial charge in [-0.05, 0) is 31.4 Å². The Morgan fingerprint density at radius 3 is 2.71 bits per heavy atom. The third-order valence-corrected chi connectivity index (χ3v) is 3.97. The Balaban J connectivity index is 1.74. The summed E-state index contributed by atoms with van der Waals surface area (Å²) in [6, 6.07) is 7.31. The number of nitrogens with zero attached hydrogens (tertiary/aromatic N) is 1. The van der Waals surface area contributed by atoms with Gasteiger partial charge < -0.3 is 20.1 Å². The first-order chi connectivity index (χ1) is 11.5. The molecular formula is C17H22N2O5. The summed E-state index contributed by atoms with van der Waals surface area (Å²) in [5, 5.41) is 0. The number of nitrogens with two attached hydrogens (primary N) is 1. The molecule has 1 aromatic rings. The number of esters is 1. The number of carbonyl (C=O) groups excluding carboxylic acids is 3. The summed E-state index contributed by atoms with van der Waals surface area (Å²) in [5.41, 5.74) is 6.19. The molecule has 1 aliphatic heterocycles. The molecule has 24 heavy (non-hydrogen) atoms. The predicted molar refractivity (Wildman–Crippen MR) is 86.1 cm³/mol. The molecule has 7 heteroatoms. The molecule has 0 unspecified atom stereocenters. The molecule has 2 amide bonds. The SMILES string of the molecule is Cc1ccccc1OCC(=O)OCC(=O)N1CCC[C@@H](C(N)=O)C1. The van der Waals surface area contributed by atoms with Crippen molar-refractivity contribution in [3.8, 4) is 5.75 Å². The van der Waals surface area contributed by atoms with E-state index in [1.54, 1.807) is 6.07 Å². The zero-order valence-corrected chi connectivity index (χ0v) is 13.7. The van der Waals surface area contributed by atoms with Crippen LogP contribution in [0.4, 0.5) is 0 Å². The molecule has 0 aromatic heterocycles. The summed E-state index contributed by atoms with van der Waals surface area (Å²) in [4.78, 5) is 36.5. The van der Waals surface area contributed by atoms with Crippen LogP contribution < -0.4 is 10.5 Å². The normalized spacial score (nSPS) is 17.2. The van der Waals surface area contributed by atoms with Gasteiger partial charge in [-0.25, -0.2) is 4.79 Å². The summed E-state index contributed by atoms with van der Waals surface area (Å²) in [5.74, 6) is -1.08. The molecule has 1 atom stereocenters. The smallest absolute Gasteiger partial charge is 0.344 e. The molecule has 0 spiro atoms. The minimum absolute atomic E-state index is 0.262. The predicted octanol–water partition coefficient (Wildman–Crippen LogP) is 0.641. The number of piperidine rings is 1. The van der Waals surface area contributed by atoms with Gasteiger partial charge in [-0.2, -0.15) is 0 Å². The van der Waals surface area contributed by atoms with Crippen LogP contribution in [-0.2, 0) is 19.1 Å². The second kappa shape index (κ2) is 8.33. The molecule has 0 saturated carbocycles. The Labute approximate surface area is 140 Å².